The molecule has 0 spiro atoms. The number of carbonyl (C=O) groups is 2. The molecule has 1 saturated heterocycles. The van der Waals surface area contributed by atoms with Crippen molar-refractivity contribution in [1.29, 1.82) is 0 Å². The van der Waals surface area contributed by atoms with E-state index in [1.807, 2.05) is 46.2 Å². The summed E-state index contributed by atoms with van der Waals surface area (Å²) in [6.07, 6.45) is 6.34. The third-order valence-electron chi connectivity index (χ3n) is 7.71. The van der Waals surface area contributed by atoms with Crippen LogP contribution in [0.1, 0.15) is 65.7 Å². The lowest BCUT2D eigenvalue weighted by atomic mass is 9.96. The zero-order valence-corrected chi connectivity index (χ0v) is 25.0. The summed E-state index contributed by atoms with van der Waals surface area (Å²) in [5, 5.41) is 9.88. The van der Waals surface area contributed by atoms with Crippen molar-refractivity contribution >= 4 is 23.6 Å². The molecule has 8 heteroatoms. The number of piperazine rings is 1. The third-order valence-corrected chi connectivity index (χ3v) is 8.72. The van der Waals surface area contributed by atoms with Gasteiger partial charge in [-0.05, 0) is 44.7 Å². The van der Waals surface area contributed by atoms with Gasteiger partial charge in [0.05, 0.1) is 0 Å². The summed E-state index contributed by atoms with van der Waals surface area (Å²) < 4.78 is 2.11. The largest absolute Gasteiger partial charge is 0.339 e. The van der Waals surface area contributed by atoms with E-state index in [4.69, 9.17) is 0 Å². The summed E-state index contributed by atoms with van der Waals surface area (Å²) in [5.74, 6) is 2.26. The van der Waals surface area contributed by atoms with Crippen molar-refractivity contribution in [3.05, 3.63) is 60.7 Å². The molecule has 1 aliphatic rings. The van der Waals surface area contributed by atoms with Crippen molar-refractivity contribution in [2.45, 2.75) is 76.9 Å². The lowest BCUT2D eigenvalue weighted by Crippen LogP contribution is -2.56. The molecule has 0 aliphatic carbocycles. The first-order chi connectivity index (χ1) is 19.5. The van der Waals surface area contributed by atoms with Crippen LogP contribution >= 0.6 is 11.8 Å². The van der Waals surface area contributed by atoms with Gasteiger partial charge in [-0.15, -0.1) is 10.2 Å². The molecule has 3 aromatic rings. The highest BCUT2D eigenvalue weighted by molar-refractivity contribution is 7.99. The van der Waals surface area contributed by atoms with Gasteiger partial charge in [-0.2, -0.15) is 0 Å². The molecule has 2 amide bonds. The van der Waals surface area contributed by atoms with E-state index in [1.54, 1.807) is 11.8 Å². The normalized spacial score (nSPS) is 16.2. The van der Waals surface area contributed by atoms with E-state index in [-0.39, 0.29) is 23.8 Å². The van der Waals surface area contributed by atoms with Gasteiger partial charge in [0, 0.05) is 55.0 Å². The Labute approximate surface area is 243 Å². The number of carbonyl (C=O) groups excluding carboxylic acids is 2. The smallest absolute Gasteiger partial charge is 0.226 e. The van der Waals surface area contributed by atoms with Gasteiger partial charge in [0.15, 0.2) is 11.0 Å². The predicted octanol–water partition coefficient (Wildman–Crippen LogP) is 6.47. The Morgan fingerprint density at radius 3 is 2.35 bits per heavy atom. The average molecular weight is 562 g/mol. The predicted molar refractivity (Wildman–Crippen MR) is 162 cm³/mol. The number of hydrogen-bond donors (Lipinski definition) is 0. The minimum Gasteiger partial charge on any atom is -0.339 e. The van der Waals surface area contributed by atoms with Crippen molar-refractivity contribution in [3.63, 3.8) is 0 Å². The number of para-hydroxylation sites is 1. The third kappa shape index (κ3) is 7.53. The first kappa shape index (κ1) is 29.8. The molecule has 2 atom stereocenters. The van der Waals surface area contributed by atoms with Crippen LogP contribution in [0.4, 0.5) is 0 Å². The molecule has 2 unspecified atom stereocenters. The van der Waals surface area contributed by atoms with Crippen molar-refractivity contribution in [2.75, 3.05) is 25.4 Å². The SMILES string of the molecule is CCCCC(CC)C(=O)N1CCN(C(=O)CCCCSc2nnc(-c3ccccc3)n2-c2ccccc2)CC1C. The molecule has 0 saturated carbocycles. The van der Waals surface area contributed by atoms with Crippen molar-refractivity contribution < 1.29 is 9.59 Å². The van der Waals surface area contributed by atoms with E-state index >= 15 is 0 Å². The van der Waals surface area contributed by atoms with E-state index < -0.39 is 0 Å². The fraction of sp³-hybridized carbons (Fsp3) is 0.500. The number of aromatic nitrogens is 3. The Balaban J connectivity index is 1.26. The number of thioether (sulfide) groups is 1. The highest BCUT2D eigenvalue weighted by atomic mass is 32.2. The fourth-order valence-electron chi connectivity index (χ4n) is 5.35. The molecule has 1 aliphatic heterocycles. The number of hydrogen-bond acceptors (Lipinski definition) is 5. The quantitative estimate of drug-likeness (QED) is 0.177. The Kier molecular flexibility index (Phi) is 11.2. The van der Waals surface area contributed by atoms with Crippen molar-refractivity contribution in [2.24, 2.45) is 5.92 Å². The number of benzene rings is 2. The average Bonchev–Trinajstić information content (AvgIpc) is 3.42. The minimum atomic E-state index is 0.0691. The summed E-state index contributed by atoms with van der Waals surface area (Å²) in [6, 6.07) is 20.4. The summed E-state index contributed by atoms with van der Waals surface area (Å²) in [5.41, 5.74) is 2.06. The van der Waals surface area contributed by atoms with Gasteiger partial charge >= 0.3 is 0 Å². The molecule has 0 bridgehead atoms. The molecule has 1 aromatic heterocycles. The number of nitrogens with zero attached hydrogens (tertiary/aromatic N) is 5. The fourth-order valence-corrected chi connectivity index (χ4v) is 6.30. The van der Waals surface area contributed by atoms with Crippen LogP contribution in [0.2, 0.25) is 0 Å². The van der Waals surface area contributed by atoms with Gasteiger partial charge < -0.3 is 9.80 Å². The van der Waals surface area contributed by atoms with Crippen LogP contribution in [0.25, 0.3) is 17.1 Å². The van der Waals surface area contributed by atoms with Gasteiger partial charge in [0.25, 0.3) is 0 Å². The van der Waals surface area contributed by atoms with Crippen LogP contribution < -0.4 is 0 Å². The van der Waals surface area contributed by atoms with E-state index in [1.165, 1.54) is 0 Å². The number of unbranched alkanes of at least 4 members (excludes halogenated alkanes) is 2. The first-order valence-corrected chi connectivity index (χ1v) is 15.8. The maximum absolute atomic E-state index is 13.1. The molecule has 0 N–H and O–H groups in total. The standard InChI is InChI=1S/C32H43N5O2S/c1-4-6-15-26(5-2)31(39)36-22-21-35(24-25(36)3)29(38)20-13-14-23-40-32-34-33-30(27-16-9-7-10-17-27)37(32)28-18-11-8-12-19-28/h7-12,16-19,25-26H,4-6,13-15,20-24H2,1-3H3. The number of rotatable bonds is 13. The molecule has 7 nitrogen and oxygen atoms in total. The van der Waals surface area contributed by atoms with Crippen LogP contribution in [0.5, 0.6) is 0 Å². The maximum atomic E-state index is 13.1. The zero-order valence-electron chi connectivity index (χ0n) is 24.2. The Hall–Kier alpha value is -3.13. The highest BCUT2D eigenvalue weighted by Crippen LogP contribution is 2.28. The second-order valence-electron chi connectivity index (χ2n) is 10.6. The Bertz CT molecular complexity index is 1220. The summed E-state index contributed by atoms with van der Waals surface area (Å²) in [6.45, 7) is 8.26. The topological polar surface area (TPSA) is 71.3 Å². The number of amides is 2. The molecule has 40 heavy (non-hydrogen) atoms. The van der Waals surface area contributed by atoms with Crippen molar-refractivity contribution in [3.8, 4) is 17.1 Å². The second kappa shape index (κ2) is 15.0. The molecule has 0 radical (unpaired) electrons. The summed E-state index contributed by atoms with van der Waals surface area (Å²) in [4.78, 5) is 30.0. The monoisotopic (exact) mass is 561 g/mol. The van der Waals surface area contributed by atoms with Gasteiger partial charge in [-0.1, -0.05) is 87.0 Å². The molecule has 2 heterocycles. The second-order valence-corrected chi connectivity index (χ2v) is 11.7. The van der Waals surface area contributed by atoms with Crippen LogP contribution in [-0.4, -0.2) is 67.8 Å². The molecule has 214 valence electrons. The Morgan fingerprint density at radius 2 is 1.68 bits per heavy atom. The molecule has 4 rings (SSSR count). The van der Waals surface area contributed by atoms with E-state index in [0.717, 1.165) is 66.5 Å². The molecular weight excluding hydrogens is 518 g/mol. The molecule has 1 fully saturated rings. The lowest BCUT2D eigenvalue weighted by molar-refractivity contribution is -0.145. The van der Waals surface area contributed by atoms with Gasteiger partial charge in [-0.3, -0.25) is 14.2 Å². The minimum absolute atomic E-state index is 0.0691. The lowest BCUT2D eigenvalue weighted by Gasteiger charge is -2.41. The van der Waals surface area contributed by atoms with Gasteiger partial charge in [0.2, 0.25) is 11.8 Å². The van der Waals surface area contributed by atoms with Crippen LogP contribution in [0, 0.1) is 5.92 Å². The molecular formula is C32H43N5O2S. The highest BCUT2D eigenvalue weighted by Gasteiger charge is 2.32. The summed E-state index contributed by atoms with van der Waals surface area (Å²) in [7, 11) is 0. The van der Waals surface area contributed by atoms with E-state index in [0.29, 0.717) is 26.1 Å². The first-order valence-electron chi connectivity index (χ1n) is 14.8. The van der Waals surface area contributed by atoms with Crippen LogP contribution in [-0.2, 0) is 9.59 Å². The van der Waals surface area contributed by atoms with Crippen LogP contribution in [0.15, 0.2) is 65.8 Å². The zero-order chi connectivity index (χ0) is 28.3. The van der Waals surface area contributed by atoms with Crippen molar-refractivity contribution in [1.82, 2.24) is 24.6 Å². The Morgan fingerprint density at radius 1 is 0.950 bits per heavy atom. The maximum Gasteiger partial charge on any atom is 0.226 e. The van der Waals surface area contributed by atoms with Gasteiger partial charge in [0.1, 0.15) is 0 Å². The van der Waals surface area contributed by atoms with Crippen LogP contribution in [0.3, 0.4) is 0 Å². The van der Waals surface area contributed by atoms with E-state index in [9.17, 15) is 9.59 Å². The van der Waals surface area contributed by atoms with E-state index in [2.05, 4.69) is 59.8 Å². The molecule has 2 aromatic carbocycles. The summed E-state index contributed by atoms with van der Waals surface area (Å²) >= 11 is 1.68. The van der Waals surface area contributed by atoms with Gasteiger partial charge in [-0.25, -0.2) is 0 Å².